The van der Waals surface area contributed by atoms with E-state index in [2.05, 4.69) is 4.72 Å². The van der Waals surface area contributed by atoms with E-state index in [0.717, 1.165) is 52.7 Å². The van der Waals surface area contributed by atoms with Crippen LogP contribution in [0.3, 0.4) is 0 Å². The molecule has 3 aromatic carbocycles. The zero-order valence-corrected chi connectivity index (χ0v) is 16.8. The number of fused-ring (bicyclic) bond motifs is 2. The lowest BCUT2D eigenvalue weighted by Crippen LogP contribution is -2.31. The Morgan fingerprint density at radius 3 is 2.36 bits per heavy atom. The molecule has 0 aromatic heterocycles. The molecule has 0 saturated heterocycles. The van der Waals surface area contributed by atoms with Crippen LogP contribution in [0.2, 0.25) is 0 Å². The van der Waals surface area contributed by atoms with Gasteiger partial charge in [0, 0.05) is 6.04 Å². The van der Waals surface area contributed by atoms with Gasteiger partial charge in [0.05, 0.1) is 19.1 Å². The number of benzene rings is 3. The molecule has 5 nitrogen and oxygen atoms in total. The van der Waals surface area contributed by atoms with E-state index < -0.39 is 10.0 Å². The quantitative estimate of drug-likeness (QED) is 0.700. The lowest BCUT2D eigenvalue weighted by Gasteiger charge is -2.26. The maximum absolute atomic E-state index is 13.0. The third-order valence-corrected chi connectivity index (χ3v) is 6.76. The highest BCUT2D eigenvalue weighted by atomic mass is 32.2. The second-order valence-electron chi connectivity index (χ2n) is 7.01. The van der Waals surface area contributed by atoms with Crippen molar-refractivity contribution < 1.29 is 17.9 Å². The minimum atomic E-state index is -3.64. The van der Waals surface area contributed by atoms with Crippen molar-refractivity contribution in [1.29, 1.82) is 0 Å². The van der Waals surface area contributed by atoms with Crippen LogP contribution in [0.25, 0.3) is 10.8 Å². The number of rotatable bonds is 5. The Balaban J connectivity index is 1.64. The van der Waals surface area contributed by atoms with Crippen LogP contribution in [0.5, 0.6) is 11.5 Å². The molecular formula is C22H23NO4S. The summed E-state index contributed by atoms with van der Waals surface area (Å²) in [4.78, 5) is 0.269. The Hall–Kier alpha value is -2.57. The Bertz CT molecular complexity index is 1120. The van der Waals surface area contributed by atoms with E-state index in [1.807, 2.05) is 42.5 Å². The van der Waals surface area contributed by atoms with Crippen molar-refractivity contribution >= 4 is 20.8 Å². The highest BCUT2D eigenvalue weighted by Gasteiger charge is 2.26. The van der Waals surface area contributed by atoms with Gasteiger partial charge in [-0.15, -0.1) is 0 Å². The molecule has 1 aliphatic carbocycles. The average molecular weight is 397 g/mol. The summed E-state index contributed by atoms with van der Waals surface area (Å²) in [5.74, 6) is 1.54. The summed E-state index contributed by atoms with van der Waals surface area (Å²) >= 11 is 0. The monoisotopic (exact) mass is 397 g/mol. The molecule has 0 unspecified atom stereocenters. The summed E-state index contributed by atoms with van der Waals surface area (Å²) in [6.07, 6.45) is 2.65. The Kier molecular flexibility index (Phi) is 5.00. The zero-order chi connectivity index (χ0) is 19.7. The van der Waals surface area contributed by atoms with E-state index in [1.165, 1.54) is 0 Å². The highest BCUT2D eigenvalue weighted by molar-refractivity contribution is 7.89. The summed E-state index contributed by atoms with van der Waals surface area (Å²) in [6.45, 7) is 0. The van der Waals surface area contributed by atoms with Gasteiger partial charge in [0.2, 0.25) is 10.0 Å². The van der Waals surface area contributed by atoms with Crippen molar-refractivity contribution in [1.82, 2.24) is 4.72 Å². The van der Waals surface area contributed by atoms with E-state index in [-0.39, 0.29) is 10.9 Å². The SMILES string of the molecule is COc1ccc2c(c1)CCC[C@@H]2NS(=O)(=O)c1ccc2cc(OC)ccc2c1. The van der Waals surface area contributed by atoms with Gasteiger partial charge in [-0.2, -0.15) is 0 Å². The van der Waals surface area contributed by atoms with Gasteiger partial charge in [-0.25, -0.2) is 13.1 Å². The van der Waals surface area contributed by atoms with Gasteiger partial charge in [-0.05, 0) is 77.6 Å². The molecule has 4 rings (SSSR count). The topological polar surface area (TPSA) is 64.6 Å². The first-order chi connectivity index (χ1) is 13.5. The van der Waals surface area contributed by atoms with Gasteiger partial charge in [-0.3, -0.25) is 0 Å². The number of hydrogen-bond donors (Lipinski definition) is 1. The maximum atomic E-state index is 13.0. The molecule has 0 fully saturated rings. The van der Waals surface area contributed by atoms with Crippen LogP contribution in [0.15, 0.2) is 59.5 Å². The number of aryl methyl sites for hydroxylation is 1. The molecule has 6 heteroatoms. The molecule has 0 radical (unpaired) electrons. The molecular weight excluding hydrogens is 374 g/mol. The number of hydrogen-bond acceptors (Lipinski definition) is 4. The third kappa shape index (κ3) is 3.57. The van der Waals surface area contributed by atoms with E-state index >= 15 is 0 Å². The predicted molar refractivity (Wildman–Crippen MR) is 109 cm³/mol. The molecule has 0 amide bonds. The Morgan fingerprint density at radius 2 is 1.57 bits per heavy atom. The van der Waals surface area contributed by atoms with Crippen molar-refractivity contribution in [3.8, 4) is 11.5 Å². The molecule has 0 aliphatic heterocycles. The fourth-order valence-corrected chi connectivity index (χ4v) is 5.08. The van der Waals surface area contributed by atoms with Crippen LogP contribution in [-0.4, -0.2) is 22.6 Å². The summed E-state index contributed by atoms with van der Waals surface area (Å²) in [6, 6.07) is 16.4. The number of nitrogens with one attached hydrogen (secondary N) is 1. The van der Waals surface area contributed by atoms with Crippen LogP contribution in [-0.2, 0) is 16.4 Å². The summed E-state index contributed by atoms with van der Waals surface area (Å²) < 4.78 is 39.5. The summed E-state index contributed by atoms with van der Waals surface area (Å²) in [5, 5.41) is 1.80. The minimum absolute atomic E-state index is 0.230. The second-order valence-corrected chi connectivity index (χ2v) is 8.72. The molecule has 1 N–H and O–H groups in total. The zero-order valence-electron chi connectivity index (χ0n) is 15.9. The molecule has 3 aromatic rings. The number of methoxy groups -OCH3 is 2. The minimum Gasteiger partial charge on any atom is -0.497 e. The van der Waals surface area contributed by atoms with E-state index in [9.17, 15) is 8.42 Å². The maximum Gasteiger partial charge on any atom is 0.241 e. The van der Waals surface area contributed by atoms with Crippen LogP contribution in [0.1, 0.15) is 30.0 Å². The van der Waals surface area contributed by atoms with Gasteiger partial charge >= 0.3 is 0 Å². The first kappa shape index (κ1) is 18.8. The van der Waals surface area contributed by atoms with E-state index in [4.69, 9.17) is 9.47 Å². The highest BCUT2D eigenvalue weighted by Crippen LogP contribution is 2.33. The molecule has 146 valence electrons. The average Bonchev–Trinajstić information content (AvgIpc) is 2.72. The van der Waals surface area contributed by atoms with Gasteiger partial charge in [0.25, 0.3) is 0 Å². The van der Waals surface area contributed by atoms with Crippen LogP contribution in [0, 0.1) is 0 Å². The smallest absolute Gasteiger partial charge is 0.241 e. The van der Waals surface area contributed by atoms with Crippen molar-refractivity contribution in [3.05, 3.63) is 65.7 Å². The largest absolute Gasteiger partial charge is 0.497 e. The van der Waals surface area contributed by atoms with Crippen molar-refractivity contribution in [2.75, 3.05) is 14.2 Å². The van der Waals surface area contributed by atoms with Crippen LogP contribution < -0.4 is 14.2 Å². The normalized spacial score (nSPS) is 16.6. The number of sulfonamides is 1. The second kappa shape index (κ2) is 7.45. The predicted octanol–water partition coefficient (Wildman–Crippen LogP) is 4.21. The molecule has 0 saturated carbocycles. The molecule has 0 heterocycles. The molecule has 28 heavy (non-hydrogen) atoms. The van der Waals surface area contributed by atoms with E-state index in [0.29, 0.717) is 0 Å². The molecule has 0 spiro atoms. The van der Waals surface area contributed by atoms with Crippen molar-refractivity contribution in [2.24, 2.45) is 0 Å². The van der Waals surface area contributed by atoms with Crippen molar-refractivity contribution in [3.63, 3.8) is 0 Å². The molecule has 1 aliphatic rings. The van der Waals surface area contributed by atoms with Gasteiger partial charge in [-0.1, -0.05) is 18.2 Å². The Labute approximate surface area is 165 Å². The third-order valence-electron chi connectivity index (χ3n) is 5.29. The van der Waals surface area contributed by atoms with Gasteiger partial charge in [0.1, 0.15) is 11.5 Å². The number of ether oxygens (including phenoxy) is 2. The lowest BCUT2D eigenvalue weighted by atomic mass is 9.88. The fourth-order valence-electron chi connectivity index (χ4n) is 3.79. The standard InChI is InChI=1S/C22H23NO4S/c1-26-18-8-6-16-14-20(10-7-15(16)12-18)28(24,25)23-22-5-3-4-17-13-19(27-2)9-11-21(17)22/h6-14,22-23H,3-5H2,1-2H3/t22-/m0/s1. The van der Waals surface area contributed by atoms with Crippen molar-refractivity contribution in [2.45, 2.75) is 30.2 Å². The lowest BCUT2D eigenvalue weighted by molar-refractivity contribution is 0.412. The van der Waals surface area contributed by atoms with Crippen LogP contribution >= 0.6 is 0 Å². The first-order valence-electron chi connectivity index (χ1n) is 9.27. The molecule has 1 atom stereocenters. The fraction of sp³-hybridized carbons (Fsp3) is 0.273. The first-order valence-corrected chi connectivity index (χ1v) is 10.8. The van der Waals surface area contributed by atoms with Gasteiger partial charge in [0.15, 0.2) is 0 Å². The van der Waals surface area contributed by atoms with E-state index in [1.54, 1.807) is 26.4 Å². The van der Waals surface area contributed by atoms with Gasteiger partial charge < -0.3 is 9.47 Å². The Morgan fingerprint density at radius 1 is 0.893 bits per heavy atom. The van der Waals surface area contributed by atoms with Crippen LogP contribution in [0.4, 0.5) is 0 Å². The molecule has 0 bridgehead atoms. The summed E-state index contributed by atoms with van der Waals surface area (Å²) in [7, 11) is -0.386. The summed E-state index contributed by atoms with van der Waals surface area (Å²) in [5.41, 5.74) is 2.17.